The van der Waals surface area contributed by atoms with E-state index in [0.717, 1.165) is 0 Å². The largest absolute Gasteiger partial charge is 0.485 e. The quantitative estimate of drug-likeness (QED) is 0.794. The molecule has 2 aliphatic heterocycles. The molecule has 1 atom stereocenters. The van der Waals surface area contributed by atoms with Crippen molar-refractivity contribution in [2.45, 2.75) is 51.4 Å². The van der Waals surface area contributed by atoms with Crippen LogP contribution in [-0.4, -0.2) is 66.3 Å². The molecule has 1 fully saturated rings. The van der Waals surface area contributed by atoms with Crippen molar-refractivity contribution in [1.82, 2.24) is 9.80 Å². The van der Waals surface area contributed by atoms with Crippen molar-refractivity contribution in [3.8, 4) is 11.5 Å². The summed E-state index contributed by atoms with van der Waals surface area (Å²) < 4.78 is 16.9. The molecule has 0 N–H and O–H groups in total. The van der Waals surface area contributed by atoms with Gasteiger partial charge in [0.05, 0.1) is 0 Å². The van der Waals surface area contributed by atoms with Gasteiger partial charge in [-0.15, -0.1) is 0 Å². The molecule has 3 rings (SSSR count). The third-order valence-electron chi connectivity index (χ3n) is 4.80. The number of carbonyl (C=O) groups is 2. The molecule has 0 aliphatic carbocycles. The van der Waals surface area contributed by atoms with E-state index in [1.165, 1.54) is 0 Å². The second-order valence-electron chi connectivity index (χ2n) is 8.01. The van der Waals surface area contributed by atoms with Crippen molar-refractivity contribution in [2.75, 3.05) is 26.7 Å². The van der Waals surface area contributed by atoms with E-state index in [1.54, 1.807) is 22.9 Å². The van der Waals surface area contributed by atoms with Crippen molar-refractivity contribution in [3.05, 3.63) is 24.3 Å². The molecule has 7 heteroatoms. The average Bonchev–Trinajstić information content (AvgIpc) is 2.65. The fourth-order valence-electron chi connectivity index (χ4n) is 3.31. The summed E-state index contributed by atoms with van der Waals surface area (Å²) in [5, 5.41) is 0. The van der Waals surface area contributed by atoms with Gasteiger partial charge in [0.15, 0.2) is 11.5 Å². The van der Waals surface area contributed by atoms with Crippen LogP contribution in [-0.2, 0) is 9.53 Å². The fraction of sp³-hybridized carbons (Fsp3) is 0.600. The van der Waals surface area contributed by atoms with Gasteiger partial charge >= 0.3 is 6.09 Å². The second kappa shape index (κ2) is 7.66. The normalized spacial score (nSPS) is 20.1. The van der Waals surface area contributed by atoms with E-state index in [1.807, 2.05) is 39.0 Å². The van der Waals surface area contributed by atoms with Crippen molar-refractivity contribution in [3.63, 3.8) is 0 Å². The number of amides is 2. The van der Waals surface area contributed by atoms with Crippen LogP contribution in [0.5, 0.6) is 11.5 Å². The van der Waals surface area contributed by atoms with Gasteiger partial charge < -0.3 is 24.0 Å². The lowest BCUT2D eigenvalue weighted by molar-refractivity contribution is -0.142. The molecule has 1 unspecified atom stereocenters. The maximum absolute atomic E-state index is 12.8. The Labute approximate surface area is 160 Å². The summed E-state index contributed by atoms with van der Waals surface area (Å²) in [6, 6.07) is 7.41. The Bertz CT molecular complexity index is 692. The van der Waals surface area contributed by atoms with Crippen LogP contribution >= 0.6 is 0 Å². The predicted octanol–water partition coefficient (Wildman–Crippen LogP) is 2.68. The first-order valence-corrected chi connectivity index (χ1v) is 9.37. The van der Waals surface area contributed by atoms with Gasteiger partial charge in [-0.2, -0.15) is 0 Å². The number of ether oxygens (including phenoxy) is 3. The average molecular weight is 376 g/mol. The molecular formula is C20H28N2O5. The number of piperidine rings is 1. The van der Waals surface area contributed by atoms with E-state index >= 15 is 0 Å². The Hall–Kier alpha value is -2.44. The first-order chi connectivity index (χ1) is 12.7. The lowest BCUT2D eigenvalue weighted by Crippen LogP contribution is -2.52. The molecule has 27 heavy (non-hydrogen) atoms. The number of likely N-dealkylation sites (tertiary alicyclic amines) is 1. The highest BCUT2D eigenvalue weighted by molar-refractivity contribution is 5.82. The zero-order chi connectivity index (χ0) is 19.6. The topological polar surface area (TPSA) is 68.3 Å². The number of nitrogens with zero attached hydrogens (tertiary/aromatic N) is 2. The summed E-state index contributed by atoms with van der Waals surface area (Å²) in [6.07, 6.45) is 0.487. The van der Waals surface area contributed by atoms with Crippen LogP contribution in [0.3, 0.4) is 0 Å². The third kappa shape index (κ3) is 4.64. The number of benzene rings is 1. The molecule has 0 aromatic heterocycles. The lowest BCUT2D eigenvalue weighted by Gasteiger charge is -2.38. The van der Waals surface area contributed by atoms with Crippen LogP contribution in [0.15, 0.2) is 24.3 Å². The first kappa shape index (κ1) is 19.3. The van der Waals surface area contributed by atoms with Gasteiger partial charge in [-0.3, -0.25) is 4.79 Å². The monoisotopic (exact) mass is 376 g/mol. The van der Waals surface area contributed by atoms with Gasteiger partial charge in [0.1, 0.15) is 12.2 Å². The van der Waals surface area contributed by atoms with Gasteiger partial charge in [0.25, 0.3) is 5.91 Å². The summed E-state index contributed by atoms with van der Waals surface area (Å²) in [7, 11) is 1.79. The number of carbonyl (C=O) groups excluding carboxylic acids is 2. The molecule has 0 bridgehead atoms. The predicted molar refractivity (Wildman–Crippen MR) is 100.0 cm³/mol. The van der Waals surface area contributed by atoms with Gasteiger partial charge in [-0.05, 0) is 45.7 Å². The van der Waals surface area contributed by atoms with Crippen LogP contribution in [0.1, 0.15) is 33.6 Å². The summed E-state index contributed by atoms with van der Waals surface area (Å²) in [4.78, 5) is 28.4. The van der Waals surface area contributed by atoms with E-state index in [9.17, 15) is 9.59 Å². The Balaban J connectivity index is 1.53. The smallest absolute Gasteiger partial charge is 0.410 e. The Kier molecular flexibility index (Phi) is 5.48. The van der Waals surface area contributed by atoms with Crippen molar-refractivity contribution in [2.24, 2.45) is 0 Å². The minimum absolute atomic E-state index is 0.0666. The summed E-state index contributed by atoms with van der Waals surface area (Å²) in [6.45, 7) is 6.92. The number of likely N-dealkylation sites (N-methyl/N-ethyl adjacent to an activating group) is 1. The Morgan fingerprint density at radius 1 is 1.15 bits per heavy atom. The maximum Gasteiger partial charge on any atom is 0.410 e. The SMILES string of the molecule is CN(C(=O)C1COc2ccccc2O1)C1CCN(C(=O)OC(C)(C)C)CC1. The Morgan fingerprint density at radius 2 is 1.78 bits per heavy atom. The maximum atomic E-state index is 12.8. The molecule has 0 saturated carbocycles. The van der Waals surface area contributed by atoms with Crippen LogP contribution < -0.4 is 9.47 Å². The first-order valence-electron chi connectivity index (χ1n) is 9.37. The van der Waals surface area contributed by atoms with Gasteiger partial charge in [-0.1, -0.05) is 12.1 Å². The molecule has 1 saturated heterocycles. The lowest BCUT2D eigenvalue weighted by atomic mass is 10.0. The molecule has 2 aliphatic rings. The van der Waals surface area contributed by atoms with Crippen LogP contribution in [0.25, 0.3) is 0 Å². The van der Waals surface area contributed by atoms with Gasteiger partial charge in [0, 0.05) is 26.2 Å². The van der Waals surface area contributed by atoms with Crippen LogP contribution in [0.2, 0.25) is 0 Å². The summed E-state index contributed by atoms with van der Waals surface area (Å²) in [5.41, 5.74) is -0.505. The van der Waals surface area contributed by atoms with Crippen LogP contribution in [0.4, 0.5) is 4.79 Å². The summed E-state index contributed by atoms with van der Waals surface area (Å²) >= 11 is 0. The molecule has 1 aromatic rings. The molecular weight excluding hydrogens is 348 g/mol. The highest BCUT2D eigenvalue weighted by Crippen LogP contribution is 2.31. The van der Waals surface area contributed by atoms with Crippen molar-refractivity contribution in [1.29, 1.82) is 0 Å². The molecule has 148 valence electrons. The van der Waals surface area contributed by atoms with E-state index in [0.29, 0.717) is 37.4 Å². The third-order valence-corrected chi connectivity index (χ3v) is 4.80. The van der Waals surface area contributed by atoms with Crippen molar-refractivity contribution >= 4 is 12.0 Å². The minimum atomic E-state index is -0.645. The standard InChI is InChI=1S/C20H28N2O5/c1-20(2,3)27-19(24)22-11-9-14(10-12-22)21(4)18(23)17-13-25-15-7-5-6-8-16(15)26-17/h5-8,14,17H,9-13H2,1-4H3. The van der Waals surface area contributed by atoms with E-state index in [4.69, 9.17) is 14.2 Å². The number of rotatable bonds is 2. The van der Waals surface area contributed by atoms with Crippen LogP contribution in [0, 0.1) is 0 Å². The highest BCUT2D eigenvalue weighted by Gasteiger charge is 2.35. The number of fused-ring (bicyclic) bond motifs is 1. The van der Waals surface area contributed by atoms with E-state index in [-0.39, 0.29) is 24.6 Å². The minimum Gasteiger partial charge on any atom is -0.485 e. The molecule has 0 spiro atoms. The second-order valence-corrected chi connectivity index (χ2v) is 8.01. The Morgan fingerprint density at radius 3 is 2.41 bits per heavy atom. The highest BCUT2D eigenvalue weighted by atomic mass is 16.6. The zero-order valence-corrected chi connectivity index (χ0v) is 16.4. The number of hydrogen-bond donors (Lipinski definition) is 0. The zero-order valence-electron chi connectivity index (χ0n) is 16.4. The fourth-order valence-corrected chi connectivity index (χ4v) is 3.31. The molecule has 0 radical (unpaired) electrons. The van der Waals surface area contributed by atoms with Gasteiger partial charge in [0.2, 0.25) is 6.10 Å². The van der Waals surface area contributed by atoms with E-state index in [2.05, 4.69) is 0 Å². The summed E-state index contributed by atoms with van der Waals surface area (Å²) in [5.74, 6) is 1.16. The number of hydrogen-bond acceptors (Lipinski definition) is 5. The van der Waals surface area contributed by atoms with E-state index < -0.39 is 11.7 Å². The molecule has 2 heterocycles. The van der Waals surface area contributed by atoms with Gasteiger partial charge in [-0.25, -0.2) is 4.79 Å². The van der Waals surface area contributed by atoms with Crippen molar-refractivity contribution < 1.29 is 23.8 Å². The molecule has 1 aromatic carbocycles. The molecule has 7 nitrogen and oxygen atoms in total. The molecule has 2 amide bonds. The number of para-hydroxylation sites is 2.